The average Bonchev–Trinajstić information content (AvgIpc) is 2.62. The van der Waals surface area contributed by atoms with Crippen molar-refractivity contribution in [3.8, 4) is 0 Å². The van der Waals surface area contributed by atoms with Crippen LogP contribution in [0, 0.1) is 5.21 Å². The van der Waals surface area contributed by atoms with Gasteiger partial charge in [0.25, 0.3) is 5.03 Å². The summed E-state index contributed by atoms with van der Waals surface area (Å²) < 4.78 is 0.791. The van der Waals surface area contributed by atoms with Gasteiger partial charge in [-0.3, -0.25) is 4.79 Å². The van der Waals surface area contributed by atoms with Gasteiger partial charge in [0.05, 0.1) is 0 Å². The Morgan fingerprint density at radius 1 is 0.870 bits per heavy atom. The first-order valence-electron chi connectivity index (χ1n) is 7.25. The van der Waals surface area contributed by atoms with E-state index in [1.807, 2.05) is 48.5 Å². The van der Waals surface area contributed by atoms with Crippen molar-refractivity contribution in [2.45, 2.75) is 10.3 Å². The first-order chi connectivity index (χ1) is 11.3. The van der Waals surface area contributed by atoms with Gasteiger partial charge in [-0.25, -0.2) is 0 Å². The summed E-state index contributed by atoms with van der Waals surface area (Å²) in [6, 6.07) is 23.9. The number of pyridine rings is 1. The molecule has 4 heteroatoms. The van der Waals surface area contributed by atoms with Crippen LogP contribution >= 0.6 is 11.8 Å². The molecule has 0 saturated carbocycles. The van der Waals surface area contributed by atoms with Crippen LogP contribution in [-0.4, -0.2) is 5.78 Å². The number of aromatic nitrogens is 1. The third-order valence-electron chi connectivity index (χ3n) is 3.43. The summed E-state index contributed by atoms with van der Waals surface area (Å²) >= 11 is 1.27. The van der Waals surface area contributed by atoms with Crippen molar-refractivity contribution >= 4 is 17.5 Å². The van der Waals surface area contributed by atoms with E-state index in [9.17, 15) is 10.0 Å². The molecule has 0 aliphatic rings. The Labute approximate surface area is 139 Å². The summed E-state index contributed by atoms with van der Waals surface area (Å²) in [6.45, 7) is 0. The second-order valence-corrected chi connectivity index (χ2v) is 6.13. The van der Waals surface area contributed by atoms with Gasteiger partial charge in [-0.15, -0.1) is 0 Å². The lowest BCUT2D eigenvalue weighted by molar-refractivity contribution is -0.645. The van der Waals surface area contributed by atoms with Crippen molar-refractivity contribution in [3.05, 3.63) is 101 Å². The first kappa shape index (κ1) is 15.3. The second-order valence-electron chi connectivity index (χ2n) is 5.00. The van der Waals surface area contributed by atoms with E-state index in [2.05, 4.69) is 0 Å². The van der Waals surface area contributed by atoms with Gasteiger partial charge in [-0.05, 0) is 23.4 Å². The van der Waals surface area contributed by atoms with Gasteiger partial charge in [0.15, 0.2) is 12.0 Å². The van der Waals surface area contributed by atoms with E-state index in [0.29, 0.717) is 10.6 Å². The van der Waals surface area contributed by atoms with Crippen LogP contribution in [-0.2, 0) is 0 Å². The predicted octanol–water partition coefficient (Wildman–Crippen LogP) is 4.04. The summed E-state index contributed by atoms with van der Waals surface area (Å²) in [4.78, 5) is 12.9. The van der Waals surface area contributed by atoms with Crippen LogP contribution in [0.5, 0.6) is 0 Å². The number of hydrogen-bond acceptors (Lipinski definition) is 3. The molecule has 0 bridgehead atoms. The smallest absolute Gasteiger partial charge is 0.252 e. The molecule has 0 fully saturated rings. The van der Waals surface area contributed by atoms with Gasteiger partial charge in [-0.1, -0.05) is 60.7 Å². The highest BCUT2D eigenvalue weighted by molar-refractivity contribution is 8.00. The normalized spacial score (nSPS) is 11.8. The van der Waals surface area contributed by atoms with E-state index < -0.39 is 5.25 Å². The molecule has 0 N–H and O–H groups in total. The molecule has 1 heterocycles. The largest absolute Gasteiger partial charge is 0.618 e. The molecule has 3 aromatic rings. The fourth-order valence-corrected chi connectivity index (χ4v) is 3.38. The molecule has 0 aliphatic carbocycles. The Morgan fingerprint density at radius 2 is 1.48 bits per heavy atom. The van der Waals surface area contributed by atoms with Gasteiger partial charge < -0.3 is 5.21 Å². The molecule has 3 nitrogen and oxygen atoms in total. The first-order valence-corrected chi connectivity index (χ1v) is 8.13. The summed E-state index contributed by atoms with van der Waals surface area (Å²) in [6.07, 6.45) is 1.44. The molecule has 1 atom stereocenters. The molecule has 23 heavy (non-hydrogen) atoms. The molecule has 1 aromatic heterocycles. The molecule has 0 spiro atoms. The van der Waals surface area contributed by atoms with E-state index >= 15 is 0 Å². The minimum Gasteiger partial charge on any atom is -0.618 e. The van der Waals surface area contributed by atoms with E-state index in [4.69, 9.17) is 0 Å². The molecule has 2 aromatic carbocycles. The molecular weight excluding hydrogens is 306 g/mol. The third-order valence-corrected chi connectivity index (χ3v) is 4.71. The Hall–Kier alpha value is -2.59. The summed E-state index contributed by atoms with van der Waals surface area (Å²) in [5, 5.41) is 12.0. The van der Waals surface area contributed by atoms with E-state index in [0.717, 1.165) is 10.3 Å². The number of thioether (sulfide) groups is 1. The van der Waals surface area contributed by atoms with Crippen molar-refractivity contribution in [2.24, 2.45) is 0 Å². The molecular formula is C19H15NO2S. The maximum atomic E-state index is 12.9. The van der Waals surface area contributed by atoms with Gasteiger partial charge in [0, 0.05) is 17.7 Å². The van der Waals surface area contributed by atoms with E-state index in [-0.39, 0.29) is 5.78 Å². The minimum atomic E-state index is -0.457. The molecule has 0 saturated heterocycles. The standard InChI is InChI=1S/C19H15NO2S/c21-18(15-9-3-1-4-10-15)19(16-11-5-2-6-12-16)23-17-13-7-8-14-20(17)22/h1-14,19H. The van der Waals surface area contributed by atoms with Crippen molar-refractivity contribution in [3.63, 3.8) is 0 Å². The lowest BCUT2D eigenvalue weighted by atomic mass is 10.0. The lowest BCUT2D eigenvalue weighted by Crippen LogP contribution is -2.28. The van der Waals surface area contributed by atoms with Crippen LogP contribution in [0.3, 0.4) is 0 Å². The quantitative estimate of drug-likeness (QED) is 0.308. The fraction of sp³-hybridized carbons (Fsp3) is 0.0526. The van der Waals surface area contributed by atoms with Crippen LogP contribution in [0.2, 0.25) is 0 Å². The summed E-state index contributed by atoms with van der Waals surface area (Å²) in [5.41, 5.74) is 1.53. The topological polar surface area (TPSA) is 44.0 Å². The number of carbonyl (C=O) groups excluding carboxylic acids is 1. The SMILES string of the molecule is O=C(c1ccccc1)C(Sc1cccc[n+]1[O-])c1ccccc1. The Balaban J connectivity index is 1.98. The van der Waals surface area contributed by atoms with Crippen LogP contribution in [0.15, 0.2) is 90.1 Å². The van der Waals surface area contributed by atoms with Crippen LogP contribution in [0.1, 0.15) is 21.2 Å². The number of rotatable bonds is 5. The van der Waals surface area contributed by atoms with Crippen molar-refractivity contribution in [1.29, 1.82) is 0 Å². The average molecular weight is 321 g/mol. The molecule has 114 valence electrons. The van der Waals surface area contributed by atoms with Crippen molar-refractivity contribution < 1.29 is 9.52 Å². The highest BCUT2D eigenvalue weighted by Crippen LogP contribution is 2.36. The Bertz CT molecular complexity index is 791. The third kappa shape index (κ3) is 3.60. The highest BCUT2D eigenvalue weighted by atomic mass is 32.2. The predicted molar refractivity (Wildman–Crippen MR) is 91.2 cm³/mol. The number of Topliss-reactive ketones (excluding diaryl/α,β-unsaturated/α-hetero) is 1. The van der Waals surface area contributed by atoms with Gasteiger partial charge in [0.2, 0.25) is 0 Å². The zero-order valence-corrected chi connectivity index (χ0v) is 13.1. The molecule has 1 unspecified atom stereocenters. The van der Waals surface area contributed by atoms with Crippen LogP contribution in [0.25, 0.3) is 0 Å². The van der Waals surface area contributed by atoms with E-state index in [1.54, 1.807) is 30.3 Å². The molecule has 0 radical (unpaired) electrons. The zero-order chi connectivity index (χ0) is 16.1. The Kier molecular flexibility index (Phi) is 4.74. The van der Waals surface area contributed by atoms with Gasteiger partial charge in [0.1, 0.15) is 5.25 Å². The number of carbonyl (C=O) groups is 1. The fourth-order valence-electron chi connectivity index (χ4n) is 2.28. The number of benzene rings is 2. The van der Waals surface area contributed by atoms with Crippen LogP contribution in [0.4, 0.5) is 0 Å². The number of hydrogen-bond donors (Lipinski definition) is 0. The monoisotopic (exact) mass is 321 g/mol. The van der Waals surface area contributed by atoms with Crippen molar-refractivity contribution in [1.82, 2.24) is 0 Å². The molecule has 3 rings (SSSR count). The van der Waals surface area contributed by atoms with Crippen LogP contribution < -0.4 is 4.73 Å². The van der Waals surface area contributed by atoms with E-state index in [1.165, 1.54) is 18.0 Å². The number of ketones is 1. The van der Waals surface area contributed by atoms with Gasteiger partial charge in [-0.2, -0.15) is 4.73 Å². The summed E-state index contributed by atoms with van der Waals surface area (Å²) in [7, 11) is 0. The molecule has 0 aliphatic heterocycles. The maximum Gasteiger partial charge on any atom is 0.252 e. The van der Waals surface area contributed by atoms with Gasteiger partial charge >= 0.3 is 0 Å². The lowest BCUT2D eigenvalue weighted by Gasteiger charge is -2.15. The minimum absolute atomic E-state index is 0.00865. The Morgan fingerprint density at radius 3 is 2.13 bits per heavy atom. The highest BCUT2D eigenvalue weighted by Gasteiger charge is 2.26. The molecule has 0 amide bonds. The summed E-state index contributed by atoms with van der Waals surface area (Å²) in [5.74, 6) is -0.00865. The maximum absolute atomic E-state index is 12.9. The second kappa shape index (κ2) is 7.11. The number of nitrogens with zero attached hydrogens (tertiary/aromatic N) is 1. The zero-order valence-electron chi connectivity index (χ0n) is 12.3. The van der Waals surface area contributed by atoms with Crippen molar-refractivity contribution in [2.75, 3.05) is 0 Å².